The van der Waals surface area contributed by atoms with E-state index in [0.29, 0.717) is 17.9 Å². The van der Waals surface area contributed by atoms with Crippen molar-refractivity contribution in [1.29, 1.82) is 0 Å². The standard InChI is InChI=1S/C11H13NO2/c1-14-11-8-9(4-2-3-7-13)5-6-10(11)12/h5-6,8,13H,3,7,12H2,1H3. The molecule has 0 aliphatic heterocycles. The first-order valence-electron chi connectivity index (χ1n) is 4.31. The van der Waals surface area contributed by atoms with Gasteiger partial charge in [0, 0.05) is 12.0 Å². The summed E-state index contributed by atoms with van der Waals surface area (Å²) in [5.74, 6) is 6.35. The average Bonchev–Trinajstić information content (AvgIpc) is 2.21. The molecule has 0 unspecified atom stereocenters. The van der Waals surface area contributed by atoms with E-state index >= 15 is 0 Å². The van der Waals surface area contributed by atoms with Crippen LogP contribution in [0, 0.1) is 11.8 Å². The molecular formula is C11H13NO2. The van der Waals surface area contributed by atoms with Gasteiger partial charge in [-0.2, -0.15) is 0 Å². The summed E-state index contributed by atoms with van der Waals surface area (Å²) in [6.45, 7) is 0.0824. The van der Waals surface area contributed by atoms with E-state index in [4.69, 9.17) is 15.6 Å². The molecule has 0 amide bonds. The Hall–Kier alpha value is -1.66. The summed E-state index contributed by atoms with van der Waals surface area (Å²) < 4.78 is 5.05. The number of anilines is 1. The molecule has 0 bridgehead atoms. The Balaban J connectivity index is 2.86. The van der Waals surface area contributed by atoms with Crippen molar-refractivity contribution in [2.75, 3.05) is 19.5 Å². The number of hydrogen-bond acceptors (Lipinski definition) is 3. The first-order valence-corrected chi connectivity index (χ1v) is 4.31. The third-order valence-corrected chi connectivity index (χ3v) is 1.70. The van der Waals surface area contributed by atoms with Crippen molar-refractivity contribution in [3.05, 3.63) is 23.8 Å². The second kappa shape index (κ2) is 5.15. The monoisotopic (exact) mass is 191 g/mol. The number of nitrogen functional groups attached to an aromatic ring is 1. The maximum absolute atomic E-state index is 8.54. The Morgan fingerprint density at radius 1 is 1.50 bits per heavy atom. The van der Waals surface area contributed by atoms with Crippen LogP contribution in [0.15, 0.2) is 18.2 Å². The molecule has 74 valence electrons. The molecule has 0 spiro atoms. The zero-order valence-electron chi connectivity index (χ0n) is 8.08. The second-order valence-electron chi connectivity index (χ2n) is 2.73. The molecule has 14 heavy (non-hydrogen) atoms. The van der Waals surface area contributed by atoms with Gasteiger partial charge in [-0.1, -0.05) is 11.8 Å². The Morgan fingerprint density at radius 2 is 2.29 bits per heavy atom. The van der Waals surface area contributed by atoms with Crippen LogP contribution in [0.1, 0.15) is 12.0 Å². The maximum Gasteiger partial charge on any atom is 0.142 e. The topological polar surface area (TPSA) is 55.5 Å². The van der Waals surface area contributed by atoms with Crippen LogP contribution in [-0.2, 0) is 0 Å². The number of methoxy groups -OCH3 is 1. The quantitative estimate of drug-likeness (QED) is 0.542. The van der Waals surface area contributed by atoms with Crippen molar-refractivity contribution in [3.8, 4) is 17.6 Å². The van der Waals surface area contributed by atoms with Crippen molar-refractivity contribution >= 4 is 5.69 Å². The Kier molecular flexibility index (Phi) is 3.84. The van der Waals surface area contributed by atoms with Crippen LogP contribution in [0.5, 0.6) is 5.75 Å². The lowest BCUT2D eigenvalue weighted by molar-refractivity contribution is 0.305. The molecule has 0 aliphatic carbocycles. The van der Waals surface area contributed by atoms with E-state index in [2.05, 4.69) is 11.8 Å². The molecule has 0 atom stereocenters. The molecule has 0 heterocycles. The first-order chi connectivity index (χ1) is 6.77. The zero-order chi connectivity index (χ0) is 10.4. The minimum atomic E-state index is 0.0824. The van der Waals surface area contributed by atoms with Gasteiger partial charge in [-0.3, -0.25) is 0 Å². The highest BCUT2D eigenvalue weighted by atomic mass is 16.5. The van der Waals surface area contributed by atoms with E-state index in [0.717, 1.165) is 5.56 Å². The van der Waals surface area contributed by atoms with Gasteiger partial charge in [-0.15, -0.1) is 0 Å². The highest BCUT2D eigenvalue weighted by molar-refractivity contribution is 5.56. The SMILES string of the molecule is COc1cc(C#CCCO)ccc1N. The minimum Gasteiger partial charge on any atom is -0.495 e. The van der Waals surface area contributed by atoms with E-state index in [9.17, 15) is 0 Å². The van der Waals surface area contributed by atoms with E-state index in [-0.39, 0.29) is 6.61 Å². The zero-order valence-corrected chi connectivity index (χ0v) is 8.08. The third-order valence-electron chi connectivity index (χ3n) is 1.70. The van der Waals surface area contributed by atoms with Gasteiger partial charge in [-0.05, 0) is 18.2 Å². The van der Waals surface area contributed by atoms with Gasteiger partial charge >= 0.3 is 0 Å². The highest BCUT2D eigenvalue weighted by Crippen LogP contribution is 2.21. The van der Waals surface area contributed by atoms with Gasteiger partial charge in [0.25, 0.3) is 0 Å². The molecule has 3 N–H and O–H groups in total. The molecule has 0 aromatic heterocycles. The summed E-state index contributed by atoms with van der Waals surface area (Å²) in [5.41, 5.74) is 7.08. The Bertz CT molecular complexity index is 363. The van der Waals surface area contributed by atoms with Gasteiger partial charge in [0.1, 0.15) is 5.75 Å². The summed E-state index contributed by atoms with van der Waals surface area (Å²) in [6.07, 6.45) is 0.479. The predicted molar refractivity (Wildman–Crippen MR) is 56.0 cm³/mol. The molecular weight excluding hydrogens is 178 g/mol. The van der Waals surface area contributed by atoms with Crippen LogP contribution in [0.25, 0.3) is 0 Å². The van der Waals surface area contributed by atoms with Crippen molar-refractivity contribution in [2.45, 2.75) is 6.42 Å². The molecule has 0 fully saturated rings. The molecule has 1 aromatic rings. The largest absolute Gasteiger partial charge is 0.495 e. The summed E-state index contributed by atoms with van der Waals surface area (Å²) in [5, 5.41) is 8.54. The lowest BCUT2D eigenvalue weighted by atomic mass is 10.2. The fraction of sp³-hybridized carbons (Fsp3) is 0.273. The Morgan fingerprint density at radius 3 is 2.93 bits per heavy atom. The van der Waals surface area contributed by atoms with Crippen molar-refractivity contribution in [2.24, 2.45) is 0 Å². The fourth-order valence-electron chi connectivity index (χ4n) is 1.01. The van der Waals surface area contributed by atoms with E-state index in [1.165, 1.54) is 0 Å². The summed E-state index contributed by atoms with van der Waals surface area (Å²) in [4.78, 5) is 0. The number of ether oxygens (including phenoxy) is 1. The van der Waals surface area contributed by atoms with Gasteiger partial charge in [0.15, 0.2) is 0 Å². The van der Waals surface area contributed by atoms with E-state index in [1.807, 2.05) is 6.07 Å². The number of aliphatic hydroxyl groups excluding tert-OH is 1. The van der Waals surface area contributed by atoms with Crippen molar-refractivity contribution < 1.29 is 9.84 Å². The average molecular weight is 191 g/mol. The van der Waals surface area contributed by atoms with Crippen molar-refractivity contribution in [1.82, 2.24) is 0 Å². The predicted octanol–water partition coefficient (Wildman–Crippen LogP) is 1.01. The number of hydrogen-bond donors (Lipinski definition) is 2. The molecule has 0 radical (unpaired) electrons. The number of nitrogens with two attached hydrogens (primary N) is 1. The van der Waals surface area contributed by atoms with Crippen LogP contribution >= 0.6 is 0 Å². The number of benzene rings is 1. The highest BCUT2D eigenvalue weighted by Gasteiger charge is 1.97. The molecule has 0 saturated carbocycles. The Labute approximate surface area is 83.5 Å². The number of aliphatic hydroxyl groups is 1. The van der Waals surface area contributed by atoms with Gasteiger partial charge in [-0.25, -0.2) is 0 Å². The molecule has 3 heteroatoms. The fourth-order valence-corrected chi connectivity index (χ4v) is 1.01. The van der Waals surface area contributed by atoms with Crippen LogP contribution in [0.3, 0.4) is 0 Å². The molecule has 1 aromatic carbocycles. The van der Waals surface area contributed by atoms with Gasteiger partial charge in [0.2, 0.25) is 0 Å². The van der Waals surface area contributed by atoms with Gasteiger partial charge < -0.3 is 15.6 Å². The van der Waals surface area contributed by atoms with Crippen LogP contribution in [-0.4, -0.2) is 18.8 Å². The number of rotatable bonds is 2. The van der Waals surface area contributed by atoms with Crippen LogP contribution in [0.4, 0.5) is 5.69 Å². The minimum absolute atomic E-state index is 0.0824. The summed E-state index contributed by atoms with van der Waals surface area (Å²) in [6, 6.07) is 5.35. The third kappa shape index (κ3) is 2.68. The second-order valence-corrected chi connectivity index (χ2v) is 2.73. The first kappa shape index (κ1) is 10.4. The van der Waals surface area contributed by atoms with E-state index in [1.54, 1.807) is 19.2 Å². The van der Waals surface area contributed by atoms with Crippen LogP contribution < -0.4 is 10.5 Å². The van der Waals surface area contributed by atoms with Gasteiger partial charge in [0.05, 0.1) is 19.4 Å². The molecule has 0 saturated heterocycles. The smallest absolute Gasteiger partial charge is 0.142 e. The lowest BCUT2D eigenvalue weighted by Crippen LogP contribution is -1.92. The summed E-state index contributed by atoms with van der Waals surface area (Å²) >= 11 is 0. The van der Waals surface area contributed by atoms with Crippen LogP contribution in [0.2, 0.25) is 0 Å². The lowest BCUT2D eigenvalue weighted by Gasteiger charge is -2.03. The van der Waals surface area contributed by atoms with E-state index < -0.39 is 0 Å². The normalized spacial score (nSPS) is 9.00. The summed E-state index contributed by atoms with van der Waals surface area (Å²) in [7, 11) is 1.57. The molecule has 3 nitrogen and oxygen atoms in total. The van der Waals surface area contributed by atoms with Crippen molar-refractivity contribution in [3.63, 3.8) is 0 Å². The molecule has 0 aliphatic rings. The molecule has 1 rings (SSSR count). The maximum atomic E-state index is 8.54.